The summed E-state index contributed by atoms with van der Waals surface area (Å²) in [6.07, 6.45) is 4.86. The SMILES string of the molecule is CSCCCNc1nc(N)ncc1Br. The van der Waals surface area contributed by atoms with Crippen molar-refractivity contribution < 1.29 is 0 Å². The Kier molecular flexibility index (Phi) is 5.03. The van der Waals surface area contributed by atoms with Crippen LogP contribution in [-0.4, -0.2) is 28.5 Å². The molecule has 1 rings (SSSR count). The second-order valence-electron chi connectivity index (χ2n) is 2.70. The third kappa shape index (κ3) is 3.71. The van der Waals surface area contributed by atoms with E-state index in [0.717, 1.165) is 29.0 Å². The molecule has 3 N–H and O–H groups in total. The molecule has 0 unspecified atom stereocenters. The highest BCUT2D eigenvalue weighted by molar-refractivity contribution is 9.10. The van der Waals surface area contributed by atoms with Crippen LogP contribution in [0.2, 0.25) is 0 Å². The largest absolute Gasteiger partial charge is 0.369 e. The summed E-state index contributed by atoms with van der Waals surface area (Å²) in [7, 11) is 0. The summed E-state index contributed by atoms with van der Waals surface area (Å²) in [5.74, 6) is 2.20. The van der Waals surface area contributed by atoms with Crippen molar-refractivity contribution in [2.24, 2.45) is 0 Å². The Morgan fingerprint density at radius 2 is 2.43 bits per heavy atom. The van der Waals surface area contributed by atoms with Crippen LogP contribution in [-0.2, 0) is 0 Å². The molecule has 6 heteroatoms. The summed E-state index contributed by atoms with van der Waals surface area (Å²) in [4.78, 5) is 7.93. The van der Waals surface area contributed by atoms with Crippen molar-refractivity contribution in [1.82, 2.24) is 9.97 Å². The predicted molar refractivity (Wildman–Crippen MR) is 65.6 cm³/mol. The third-order valence-corrected chi connectivity index (χ3v) is 2.86. The molecule has 78 valence electrons. The van der Waals surface area contributed by atoms with E-state index in [-0.39, 0.29) is 0 Å². The average Bonchev–Trinajstić information content (AvgIpc) is 2.18. The minimum absolute atomic E-state index is 0.292. The molecule has 1 heterocycles. The molecule has 0 saturated carbocycles. The van der Waals surface area contributed by atoms with Gasteiger partial charge in [0.2, 0.25) is 5.95 Å². The standard InChI is InChI=1S/C8H13BrN4S/c1-14-4-2-3-11-7-6(9)5-12-8(10)13-7/h5H,2-4H2,1H3,(H3,10,11,12,13). The molecule has 0 aliphatic heterocycles. The molecule has 0 atom stereocenters. The van der Waals surface area contributed by atoms with Crippen molar-refractivity contribution in [3.05, 3.63) is 10.7 Å². The lowest BCUT2D eigenvalue weighted by atomic mass is 10.4. The van der Waals surface area contributed by atoms with Crippen LogP contribution < -0.4 is 11.1 Å². The minimum Gasteiger partial charge on any atom is -0.369 e. The van der Waals surface area contributed by atoms with Crippen LogP contribution in [0, 0.1) is 0 Å². The summed E-state index contributed by atoms with van der Waals surface area (Å²) in [6.45, 7) is 0.899. The maximum absolute atomic E-state index is 5.47. The van der Waals surface area contributed by atoms with Gasteiger partial charge in [0, 0.05) is 12.7 Å². The molecule has 0 radical (unpaired) electrons. The topological polar surface area (TPSA) is 63.8 Å². The highest BCUT2D eigenvalue weighted by atomic mass is 79.9. The van der Waals surface area contributed by atoms with Crippen LogP contribution in [0.3, 0.4) is 0 Å². The van der Waals surface area contributed by atoms with Crippen molar-refractivity contribution in [3.8, 4) is 0 Å². The van der Waals surface area contributed by atoms with Gasteiger partial charge in [-0.15, -0.1) is 0 Å². The normalized spacial score (nSPS) is 10.1. The van der Waals surface area contributed by atoms with Gasteiger partial charge in [0.05, 0.1) is 4.47 Å². The molecule has 1 aromatic rings. The maximum atomic E-state index is 5.47. The molecule has 14 heavy (non-hydrogen) atoms. The molecule has 1 aromatic heterocycles. The zero-order valence-electron chi connectivity index (χ0n) is 7.96. The van der Waals surface area contributed by atoms with Crippen molar-refractivity contribution in [2.45, 2.75) is 6.42 Å². The van der Waals surface area contributed by atoms with Gasteiger partial charge in [-0.2, -0.15) is 16.7 Å². The first-order valence-electron chi connectivity index (χ1n) is 4.25. The highest BCUT2D eigenvalue weighted by Gasteiger charge is 2.01. The van der Waals surface area contributed by atoms with E-state index in [9.17, 15) is 0 Å². The molecule has 0 aliphatic carbocycles. The molecule has 0 saturated heterocycles. The van der Waals surface area contributed by atoms with E-state index in [1.54, 1.807) is 6.20 Å². The van der Waals surface area contributed by atoms with Crippen LogP contribution in [0.4, 0.5) is 11.8 Å². The predicted octanol–water partition coefficient (Wildman–Crippen LogP) is 1.99. The van der Waals surface area contributed by atoms with Crippen molar-refractivity contribution in [2.75, 3.05) is 29.6 Å². The van der Waals surface area contributed by atoms with Gasteiger partial charge < -0.3 is 11.1 Å². The molecule has 4 nitrogen and oxygen atoms in total. The number of halogens is 1. The number of nitrogens with zero attached hydrogens (tertiary/aromatic N) is 2. The van der Waals surface area contributed by atoms with Crippen LogP contribution in [0.5, 0.6) is 0 Å². The Hall–Kier alpha value is -0.490. The van der Waals surface area contributed by atoms with Gasteiger partial charge in [0.1, 0.15) is 5.82 Å². The van der Waals surface area contributed by atoms with Gasteiger partial charge >= 0.3 is 0 Å². The first kappa shape index (κ1) is 11.6. The van der Waals surface area contributed by atoms with Gasteiger partial charge in [0.25, 0.3) is 0 Å². The summed E-state index contributed by atoms with van der Waals surface area (Å²) >= 11 is 5.19. The second-order valence-corrected chi connectivity index (χ2v) is 4.54. The van der Waals surface area contributed by atoms with Crippen LogP contribution in [0.25, 0.3) is 0 Å². The number of aromatic nitrogens is 2. The van der Waals surface area contributed by atoms with Crippen molar-refractivity contribution >= 4 is 39.5 Å². The van der Waals surface area contributed by atoms with Crippen molar-refractivity contribution in [1.29, 1.82) is 0 Å². The van der Waals surface area contributed by atoms with Crippen LogP contribution >= 0.6 is 27.7 Å². The zero-order valence-corrected chi connectivity index (χ0v) is 10.4. The molecule has 0 fully saturated rings. The number of hydrogen-bond acceptors (Lipinski definition) is 5. The van der Waals surface area contributed by atoms with E-state index >= 15 is 0 Å². The monoisotopic (exact) mass is 276 g/mol. The molecular formula is C8H13BrN4S. The van der Waals surface area contributed by atoms with Gasteiger partial charge in [-0.3, -0.25) is 0 Å². The molecule has 0 spiro atoms. The van der Waals surface area contributed by atoms with Gasteiger partial charge in [-0.25, -0.2) is 4.98 Å². The van der Waals surface area contributed by atoms with E-state index in [4.69, 9.17) is 5.73 Å². The number of hydrogen-bond donors (Lipinski definition) is 2. The molecule has 0 amide bonds. The van der Waals surface area contributed by atoms with Gasteiger partial charge in [0.15, 0.2) is 0 Å². The number of thioether (sulfide) groups is 1. The lowest BCUT2D eigenvalue weighted by Crippen LogP contribution is -2.07. The fraction of sp³-hybridized carbons (Fsp3) is 0.500. The minimum atomic E-state index is 0.292. The number of anilines is 2. The second kappa shape index (κ2) is 6.08. The van der Waals surface area contributed by atoms with E-state index in [2.05, 4.69) is 37.5 Å². The third-order valence-electron chi connectivity index (χ3n) is 1.58. The number of rotatable bonds is 5. The van der Waals surface area contributed by atoms with Crippen LogP contribution in [0.15, 0.2) is 10.7 Å². The Morgan fingerprint density at radius 1 is 1.64 bits per heavy atom. The summed E-state index contributed by atoms with van der Waals surface area (Å²) in [5, 5.41) is 3.20. The first-order valence-corrected chi connectivity index (χ1v) is 6.43. The molecule has 0 aliphatic rings. The summed E-state index contributed by atoms with van der Waals surface area (Å²) < 4.78 is 0.843. The fourth-order valence-electron chi connectivity index (χ4n) is 0.928. The molecular weight excluding hydrogens is 264 g/mol. The summed E-state index contributed by atoms with van der Waals surface area (Å²) in [6, 6.07) is 0. The van der Waals surface area contributed by atoms with E-state index in [1.807, 2.05) is 11.8 Å². The van der Waals surface area contributed by atoms with E-state index < -0.39 is 0 Å². The average molecular weight is 277 g/mol. The smallest absolute Gasteiger partial charge is 0.221 e. The van der Waals surface area contributed by atoms with E-state index in [0.29, 0.717) is 5.95 Å². The van der Waals surface area contributed by atoms with E-state index in [1.165, 1.54) is 0 Å². The number of nitrogen functional groups attached to an aromatic ring is 1. The van der Waals surface area contributed by atoms with Crippen molar-refractivity contribution in [3.63, 3.8) is 0 Å². The molecule has 0 bridgehead atoms. The Balaban J connectivity index is 2.45. The summed E-state index contributed by atoms with van der Waals surface area (Å²) in [5.41, 5.74) is 5.47. The first-order chi connectivity index (χ1) is 6.74. The number of nitrogens with two attached hydrogens (primary N) is 1. The highest BCUT2D eigenvalue weighted by Crippen LogP contribution is 2.18. The molecule has 0 aromatic carbocycles. The fourth-order valence-corrected chi connectivity index (χ4v) is 1.69. The Morgan fingerprint density at radius 3 is 3.14 bits per heavy atom. The maximum Gasteiger partial charge on any atom is 0.221 e. The van der Waals surface area contributed by atoms with Crippen LogP contribution in [0.1, 0.15) is 6.42 Å². The quantitative estimate of drug-likeness (QED) is 0.806. The number of nitrogens with one attached hydrogen (secondary N) is 1. The lowest BCUT2D eigenvalue weighted by Gasteiger charge is -2.06. The van der Waals surface area contributed by atoms with Gasteiger partial charge in [-0.05, 0) is 34.4 Å². The zero-order chi connectivity index (χ0) is 10.4. The van der Waals surface area contributed by atoms with Gasteiger partial charge in [-0.1, -0.05) is 0 Å². The Bertz CT molecular complexity index is 295. The lowest BCUT2D eigenvalue weighted by molar-refractivity contribution is 0.975. The Labute approximate surface area is 96.2 Å².